The van der Waals surface area contributed by atoms with E-state index in [9.17, 15) is 14.7 Å². The van der Waals surface area contributed by atoms with E-state index in [1.807, 2.05) is 6.08 Å². The average Bonchev–Trinajstić information content (AvgIpc) is 2.49. The van der Waals surface area contributed by atoms with E-state index in [2.05, 4.69) is 6.92 Å². The standard InChI is InChI=1S/C16H28O6/c1-3-4-5-6-7-8-12(2)14(16(20)21)9-15(19)22-11-13(18)10-17/h8,13-14,17-18H,3-7,9-11H2,1-2H3,(H,20,21). The number of ether oxygens (including phenoxy) is 1. The molecule has 0 radical (unpaired) electrons. The summed E-state index contributed by atoms with van der Waals surface area (Å²) in [6.45, 7) is 2.99. The van der Waals surface area contributed by atoms with E-state index in [1.165, 1.54) is 0 Å². The third-order valence-electron chi connectivity index (χ3n) is 3.39. The van der Waals surface area contributed by atoms with Crippen LogP contribution in [0.15, 0.2) is 11.6 Å². The number of hydrogen-bond donors (Lipinski definition) is 3. The van der Waals surface area contributed by atoms with Gasteiger partial charge < -0.3 is 20.1 Å². The number of aliphatic carboxylic acids is 1. The summed E-state index contributed by atoms with van der Waals surface area (Å²) in [5.41, 5.74) is 0.642. The lowest BCUT2D eigenvalue weighted by Gasteiger charge is -2.14. The minimum Gasteiger partial charge on any atom is -0.481 e. The quantitative estimate of drug-likeness (QED) is 0.288. The van der Waals surface area contributed by atoms with Gasteiger partial charge in [-0.1, -0.05) is 37.8 Å². The highest BCUT2D eigenvalue weighted by Crippen LogP contribution is 2.18. The first kappa shape index (κ1) is 20.6. The zero-order chi connectivity index (χ0) is 17.0. The van der Waals surface area contributed by atoms with Crippen LogP contribution >= 0.6 is 0 Å². The fourth-order valence-corrected chi connectivity index (χ4v) is 1.95. The van der Waals surface area contributed by atoms with Crippen LogP contribution in [0.5, 0.6) is 0 Å². The number of aliphatic hydroxyl groups is 2. The molecule has 0 heterocycles. The summed E-state index contributed by atoms with van der Waals surface area (Å²) in [4.78, 5) is 22.9. The predicted molar refractivity (Wildman–Crippen MR) is 82.3 cm³/mol. The highest BCUT2D eigenvalue weighted by molar-refractivity contribution is 5.81. The maximum absolute atomic E-state index is 11.6. The van der Waals surface area contributed by atoms with Gasteiger partial charge >= 0.3 is 11.9 Å². The summed E-state index contributed by atoms with van der Waals surface area (Å²) in [5, 5.41) is 26.9. The van der Waals surface area contributed by atoms with Crippen molar-refractivity contribution in [3.05, 3.63) is 11.6 Å². The molecule has 2 unspecified atom stereocenters. The molecule has 0 fully saturated rings. The third kappa shape index (κ3) is 9.52. The van der Waals surface area contributed by atoms with Crippen molar-refractivity contribution < 1.29 is 29.6 Å². The predicted octanol–water partition coefficient (Wildman–Crippen LogP) is 1.89. The fraction of sp³-hybridized carbons (Fsp3) is 0.750. The molecule has 0 saturated heterocycles. The molecule has 0 amide bonds. The molecular formula is C16H28O6. The van der Waals surface area contributed by atoms with Crippen molar-refractivity contribution >= 4 is 11.9 Å². The van der Waals surface area contributed by atoms with Crippen LogP contribution in [-0.2, 0) is 14.3 Å². The molecular weight excluding hydrogens is 288 g/mol. The molecule has 0 aliphatic rings. The maximum atomic E-state index is 11.6. The van der Waals surface area contributed by atoms with Crippen molar-refractivity contribution in [2.24, 2.45) is 5.92 Å². The fourth-order valence-electron chi connectivity index (χ4n) is 1.95. The van der Waals surface area contributed by atoms with Crippen LogP contribution in [0.3, 0.4) is 0 Å². The first-order valence-electron chi connectivity index (χ1n) is 7.76. The first-order valence-corrected chi connectivity index (χ1v) is 7.76. The normalized spacial score (nSPS) is 14.5. The molecule has 0 rings (SSSR count). The zero-order valence-corrected chi connectivity index (χ0v) is 13.5. The largest absolute Gasteiger partial charge is 0.481 e. The number of rotatable bonds is 12. The van der Waals surface area contributed by atoms with Crippen molar-refractivity contribution in [3.8, 4) is 0 Å². The molecule has 0 aromatic heterocycles. The number of carboxylic acids is 1. The molecule has 22 heavy (non-hydrogen) atoms. The van der Waals surface area contributed by atoms with E-state index < -0.39 is 30.6 Å². The number of aliphatic hydroxyl groups excluding tert-OH is 2. The Hall–Kier alpha value is -1.40. The first-order chi connectivity index (χ1) is 10.4. The molecule has 2 atom stereocenters. The van der Waals surface area contributed by atoms with Crippen LogP contribution in [0.4, 0.5) is 0 Å². The SMILES string of the molecule is CCCCCCC=C(C)C(CC(=O)OCC(O)CO)C(=O)O. The van der Waals surface area contributed by atoms with Crippen molar-refractivity contribution in [2.45, 2.75) is 58.5 Å². The Balaban J connectivity index is 4.36. The van der Waals surface area contributed by atoms with Crippen LogP contribution in [0, 0.1) is 5.92 Å². The molecule has 0 aromatic rings. The Labute approximate surface area is 131 Å². The summed E-state index contributed by atoms with van der Waals surface area (Å²) in [5.74, 6) is -2.68. The van der Waals surface area contributed by atoms with Crippen molar-refractivity contribution in [3.63, 3.8) is 0 Å². The van der Waals surface area contributed by atoms with E-state index in [4.69, 9.17) is 14.9 Å². The molecule has 128 valence electrons. The summed E-state index contributed by atoms with van der Waals surface area (Å²) < 4.78 is 4.74. The van der Waals surface area contributed by atoms with Gasteiger partial charge in [0.25, 0.3) is 0 Å². The van der Waals surface area contributed by atoms with E-state index >= 15 is 0 Å². The minimum absolute atomic E-state index is 0.273. The second-order valence-corrected chi connectivity index (χ2v) is 5.41. The second-order valence-electron chi connectivity index (χ2n) is 5.41. The van der Waals surface area contributed by atoms with Gasteiger partial charge in [0.1, 0.15) is 12.7 Å². The van der Waals surface area contributed by atoms with Gasteiger partial charge in [-0.05, 0) is 19.8 Å². The van der Waals surface area contributed by atoms with Crippen LogP contribution in [0.1, 0.15) is 52.4 Å². The van der Waals surface area contributed by atoms with Gasteiger partial charge in [0, 0.05) is 0 Å². The third-order valence-corrected chi connectivity index (χ3v) is 3.39. The Morgan fingerprint density at radius 3 is 2.45 bits per heavy atom. The lowest BCUT2D eigenvalue weighted by atomic mass is 9.95. The molecule has 0 aliphatic heterocycles. The van der Waals surface area contributed by atoms with Gasteiger partial charge in [-0.25, -0.2) is 0 Å². The van der Waals surface area contributed by atoms with Gasteiger partial charge in [0.15, 0.2) is 0 Å². The van der Waals surface area contributed by atoms with Gasteiger partial charge in [-0.3, -0.25) is 9.59 Å². The Bertz CT molecular complexity index is 364. The Morgan fingerprint density at radius 2 is 1.91 bits per heavy atom. The second kappa shape index (κ2) is 12.2. The van der Waals surface area contributed by atoms with E-state index in [-0.39, 0.29) is 13.0 Å². The van der Waals surface area contributed by atoms with E-state index in [0.717, 1.165) is 32.1 Å². The molecule has 6 heteroatoms. The van der Waals surface area contributed by atoms with Gasteiger partial charge in [-0.2, -0.15) is 0 Å². The highest BCUT2D eigenvalue weighted by atomic mass is 16.5. The average molecular weight is 316 g/mol. The highest BCUT2D eigenvalue weighted by Gasteiger charge is 2.24. The minimum atomic E-state index is -1.14. The monoisotopic (exact) mass is 316 g/mol. The summed E-state index contributed by atoms with van der Waals surface area (Å²) in [7, 11) is 0. The molecule has 6 nitrogen and oxygen atoms in total. The van der Waals surface area contributed by atoms with Gasteiger partial charge in [0.2, 0.25) is 0 Å². The number of hydrogen-bond acceptors (Lipinski definition) is 5. The van der Waals surface area contributed by atoms with Crippen LogP contribution < -0.4 is 0 Å². The molecule has 0 bridgehead atoms. The molecule has 0 saturated carbocycles. The van der Waals surface area contributed by atoms with E-state index in [1.54, 1.807) is 6.92 Å². The number of carboxylic acid groups (broad SMARTS) is 1. The number of carbonyl (C=O) groups is 2. The van der Waals surface area contributed by atoms with Gasteiger partial charge in [-0.15, -0.1) is 0 Å². The maximum Gasteiger partial charge on any atom is 0.311 e. The zero-order valence-electron chi connectivity index (χ0n) is 13.5. The lowest BCUT2D eigenvalue weighted by molar-refractivity contribution is -0.152. The number of esters is 1. The summed E-state index contributed by atoms with van der Waals surface area (Å²) >= 11 is 0. The number of unbranched alkanes of at least 4 members (excludes halogenated alkanes) is 4. The van der Waals surface area contributed by atoms with Crippen molar-refractivity contribution in [1.82, 2.24) is 0 Å². The topological polar surface area (TPSA) is 104 Å². The summed E-state index contributed by atoms with van der Waals surface area (Å²) in [6, 6.07) is 0. The van der Waals surface area contributed by atoms with Crippen LogP contribution in [0.25, 0.3) is 0 Å². The smallest absolute Gasteiger partial charge is 0.311 e. The Kier molecular flexibility index (Phi) is 11.4. The molecule has 0 aromatic carbocycles. The molecule has 3 N–H and O–H groups in total. The van der Waals surface area contributed by atoms with Crippen molar-refractivity contribution in [2.75, 3.05) is 13.2 Å². The van der Waals surface area contributed by atoms with Gasteiger partial charge in [0.05, 0.1) is 18.9 Å². The Morgan fingerprint density at radius 1 is 1.23 bits per heavy atom. The number of carbonyl (C=O) groups excluding carboxylic acids is 1. The van der Waals surface area contributed by atoms with Crippen molar-refractivity contribution in [1.29, 1.82) is 0 Å². The molecule has 0 spiro atoms. The number of allylic oxidation sites excluding steroid dienone is 1. The molecule has 0 aliphatic carbocycles. The summed E-state index contributed by atoms with van der Waals surface area (Å²) in [6.07, 6.45) is 5.68. The lowest BCUT2D eigenvalue weighted by Crippen LogP contribution is -2.25. The van der Waals surface area contributed by atoms with Crippen LogP contribution in [-0.4, -0.2) is 46.6 Å². The van der Waals surface area contributed by atoms with Crippen LogP contribution in [0.2, 0.25) is 0 Å². The van der Waals surface area contributed by atoms with E-state index in [0.29, 0.717) is 5.57 Å².